The van der Waals surface area contributed by atoms with E-state index < -0.39 is 36.1 Å². The fourth-order valence-corrected chi connectivity index (χ4v) is 4.40. The molecule has 0 aliphatic rings. The summed E-state index contributed by atoms with van der Waals surface area (Å²) in [5.74, 6) is -4.12. The number of Topliss-reactive ketones (excluding diaryl/α,β-unsaturated/α-hetero) is 1. The maximum Gasteiger partial charge on any atom is 0.372 e. The van der Waals surface area contributed by atoms with E-state index in [0.29, 0.717) is 5.75 Å². The van der Waals surface area contributed by atoms with Crippen LogP contribution < -0.4 is 20.5 Å². The third-order valence-electron chi connectivity index (χ3n) is 5.70. The number of nitrogens with one attached hydrogen (secondary N) is 2. The average Bonchev–Trinajstić information content (AvgIpc) is 3.45. The van der Waals surface area contributed by atoms with Crippen molar-refractivity contribution in [3.8, 4) is 21.9 Å². The Balaban J connectivity index is 1.85. The fourth-order valence-electron chi connectivity index (χ4n) is 3.68. The van der Waals surface area contributed by atoms with Gasteiger partial charge in [0.15, 0.2) is 0 Å². The van der Waals surface area contributed by atoms with Gasteiger partial charge in [0.2, 0.25) is 5.78 Å². The largest absolute Gasteiger partial charge is 0.496 e. The van der Waals surface area contributed by atoms with Gasteiger partial charge in [-0.2, -0.15) is 0 Å². The lowest BCUT2D eigenvalue weighted by Crippen LogP contribution is -2.39. The van der Waals surface area contributed by atoms with Crippen LogP contribution in [-0.2, 0) is 20.8 Å². The zero-order valence-electron chi connectivity index (χ0n) is 20.9. The molecular formula is C27H27N3O8S. The number of hydrogen-bond donors (Lipinski definition) is 5. The average molecular weight is 554 g/mol. The lowest BCUT2D eigenvalue weighted by molar-refractivity contribution is -0.148. The first-order chi connectivity index (χ1) is 18.6. The van der Waals surface area contributed by atoms with Crippen molar-refractivity contribution < 1.29 is 38.9 Å². The van der Waals surface area contributed by atoms with Gasteiger partial charge < -0.3 is 30.7 Å². The Labute approximate surface area is 227 Å². The van der Waals surface area contributed by atoms with Crippen LogP contribution in [0.25, 0.3) is 10.4 Å². The number of carbonyl (C=O) groups excluding carboxylic acids is 2. The van der Waals surface area contributed by atoms with E-state index in [-0.39, 0.29) is 47.7 Å². The molecule has 0 bridgehead atoms. The Morgan fingerprint density at radius 2 is 1.85 bits per heavy atom. The van der Waals surface area contributed by atoms with Gasteiger partial charge in [0.1, 0.15) is 23.9 Å². The number of hydrogen-bond acceptors (Lipinski definition) is 8. The summed E-state index contributed by atoms with van der Waals surface area (Å²) in [5.41, 5.74) is 7.12. The van der Waals surface area contributed by atoms with E-state index in [1.54, 1.807) is 12.1 Å². The predicted molar refractivity (Wildman–Crippen MR) is 144 cm³/mol. The molecule has 1 amide bonds. The Kier molecular flexibility index (Phi) is 9.76. The first-order valence-corrected chi connectivity index (χ1v) is 12.6. The van der Waals surface area contributed by atoms with Gasteiger partial charge in [-0.15, -0.1) is 11.3 Å². The minimum atomic E-state index is -1.61. The molecule has 0 radical (unpaired) electrons. The van der Waals surface area contributed by atoms with Gasteiger partial charge in [0.25, 0.3) is 5.91 Å². The molecular weight excluding hydrogens is 526 g/mol. The summed E-state index contributed by atoms with van der Waals surface area (Å²) in [6.45, 7) is -0.207. The van der Waals surface area contributed by atoms with E-state index in [2.05, 4.69) is 5.32 Å². The molecule has 1 aromatic heterocycles. The van der Waals surface area contributed by atoms with E-state index in [4.69, 9.17) is 25.7 Å². The minimum absolute atomic E-state index is 0.0177. The van der Waals surface area contributed by atoms with Crippen LogP contribution >= 0.6 is 11.3 Å². The van der Waals surface area contributed by atoms with Gasteiger partial charge >= 0.3 is 11.9 Å². The number of aliphatic carboxylic acids is 2. The quantitative estimate of drug-likeness (QED) is 0.113. The minimum Gasteiger partial charge on any atom is -0.496 e. The van der Waals surface area contributed by atoms with Crippen molar-refractivity contribution in [2.24, 2.45) is 5.73 Å². The van der Waals surface area contributed by atoms with E-state index in [0.717, 1.165) is 10.4 Å². The normalized spacial score (nSPS) is 11.3. The number of thiophene rings is 1. The molecule has 3 aromatic rings. The third-order valence-corrected chi connectivity index (χ3v) is 6.62. The van der Waals surface area contributed by atoms with Gasteiger partial charge in [-0.1, -0.05) is 18.2 Å². The summed E-state index contributed by atoms with van der Waals surface area (Å²) in [4.78, 5) is 48.4. The molecule has 11 nitrogen and oxygen atoms in total. The van der Waals surface area contributed by atoms with Crippen molar-refractivity contribution in [3.05, 3.63) is 70.6 Å². The molecule has 0 aliphatic heterocycles. The summed E-state index contributed by atoms with van der Waals surface area (Å²) in [6.07, 6.45) is -0.718. The first kappa shape index (κ1) is 28.9. The van der Waals surface area contributed by atoms with Gasteiger partial charge in [0, 0.05) is 28.8 Å². The van der Waals surface area contributed by atoms with Crippen molar-refractivity contribution in [3.63, 3.8) is 0 Å². The molecule has 0 unspecified atom stereocenters. The molecule has 39 heavy (non-hydrogen) atoms. The van der Waals surface area contributed by atoms with Crippen molar-refractivity contribution in [1.82, 2.24) is 5.32 Å². The first-order valence-electron chi connectivity index (χ1n) is 11.7. The Bertz CT molecular complexity index is 1390. The number of rotatable bonds is 14. The molecule has 12 heteroatoms. The molecule has 204 valence electrons. The topological polar surface area (TPSA) is 189 Å². The maximum absolute atomic E-state index is 13.3. The highest BCUT2D eigenvalue weighted by Gasteiger charge is 2.22. The summed E-state index contributed by atoms with van der Waals surface area (Å²) >= 11 is 1.51. The molecule has 0 saturated heterocycles. The van der Waals surface area contributed by atoms with Crippen LogP contribution in [0, 0.1) is 5.41 Å². The van der Waals surface area contributed by atoms with Crippen molar-refractivity contribution in [2.45, 2.75) is 25.3 Å². The molecule has 1 atom stereocenters. The number of amidine groups is 1. The maximum atomic E-state index is 13.3. The second-order valence-electron chi connectivity index (χ2n) is 8.45. The number of carboxylic acid groups (broad SMARTS) is 2. The monoisotopic (exact) mass is 553 g/mol. The SMILES string of the molecule is COc1ccc(-c2cccs2)cc1C(=O)N[C@H](CCC(=O)O)COc1cc(C(=N)N)ccc1CC(=O)C(=O)O. The molecule has 0 saturated carbocycles. The number of ether oxygens (including phenoxy) is 2. The second kappa shape index (κ2) is 13.2. The highest BCUT2D eigenvalue weighted by Crippen LogP contribution is 2.30. The van der Waals surface area contributed by atoms with Crippen LogP contribution in [0.2, 0.25) is 0 Å². The van der Waals surface area contributed by atoms with Crippen LogP contribution in [0.15, 0.2) is 53.9 Å². The van der Waals surface area contributed by atoms with E-state index in [1.807, 2.05) is 23.6 Å². The summed E-state index contributed by atoms with van der Waals surface area (Å²) in [5, 5.41) is 30.6. The highest BCUT2D eigenvalue weighted by atomic mass is 32.1. The van der Waals surface area contributed by atoms with Crippen LogP contribution in [0.4, 0.5) is 0 Å². The Morgan fingerprint density at radius 1 is 1.08 bits per heavy atom. The zero-order chi connectivity index (χ0) is 28.5. The number of nitrogens with two attached hydrogens (primary N) is 1. The van der Waals surface area contributed by atoms with Gasteiger partial charge in [-0.05, 0) is 47.7 Å². The van der Waals surface area contributed by atoms with Crippen LogP contribution in [-0.4, -0.2) is 59.4 Å². The predicted octanol–water partition coefficient (Wildman–Crippen LogP) is 2.95. The third kappa shape index (κ3) is 7.89. The van der Waals surface area contributed by atoms with E-state index in [1.165, 1.54) is 36.6 Å². The number of nitrogen functional groups attached to an aromatic ring is 1. The van der Waals surface area contributed by atoms with Gasteiger partial charge in [0.05, 0.1) is 18.7 Å². The van der Waals surface area contributed by atoms with Crippen LogP contribution in [0.5, 0.6) is 11.5 Å². The number of carbonyl (C=O) groups is 4. The van der Waals surface area contributed by atoms with Crippen molar-refractivity contribution in [2.75, 3.05) is 13.7 Å². The van der Waals surface area contributed by atoms with E-state index in [9.17, 15) is 24.3 Å². The van der Waals surface area contributed by atoms with Crippen LogP contribution in [0.1, 0.15) is 34.3 Å². The summed E-state index contributed by atoms with van der Waals surface area (Å²) in [7, 11) is 1.43. The lowest BCUT2D eigenvalue weighted by atomic mass is 10.0. The van der Waals surface area contributed by atoms with Gasteiger partial charge in [-0.3, -0.25) is 19.8 Å². The lowest BCUT2D eigenvalue weighted by Gasteiger charge is -2.21. The molecule has 0 fully saturated rings. The zero-order valence-corrected chi connectivity index (χ0v) is 21.7. The number of methoxy groups -OCH3 is 1. The molecule has 3 rings (SSSR count). The van der Waals surface area contributed by atoms with Crippen molar-refractivity contribution >= 4 is 40.8 Å². The Morgan fingerprint density at radius 3 is 2.46 bits per heavy atom. The number of ketones is 1. The van der Waals surface area contributed by atoms with Crippen molar-refractivity contribution in [1.29, 1.82) is 5.41 Å². The molecule has 6 N–H and O–H groups in total. The second-order valence-corrected chi connectivity index (χ2v) is 9.40. The smallest absolute Gasteiger partial charge is 0.372 e. The van der Waals surface area contributed by atoms with Crippen LogP contribution in [0.3, 0.4) is 0 Å². The molecule has 2 aromatic carbocycles. The number of carboxylic acids is 2. The summed E-state index contributed by atoms with van der Waals surface area (Å²) in [6, 6.07) is 12.5. The number of benzene rings is 2. The molecule has 0 spiro atoms. The molecule has 1 heterocycles. The Hall–Kier alpha value is -4.71. The molecule has 0 aliphatic carbocycles. The number of amides is 1. The summed E-state index contributed by atoms with van der Waals surface area (Å²) < 4.78 is 11.2. The highest BCUT2D eigenvalue weighted by molar-refractivity contribution is 7.13. The van der Waals surface area contributed by atoms with Gasteiger partial charge in [-0.25, -0.2) is 4.79 Å². The standard InChI is InChI=1S/C27H27N3O8S/c1-37-21-8-6-16(23-3-2-10-39-23)11-19(21)26(34)30-18(7-9-24(32)33)14-38-22-13-17(25(28)29)5-4-15(22)12-20(31)27(35)36/h2-6,8,10-11,13,18H,7,9,12,14H2,1H3,(H3,28,29)(H,30,34)(H,32,33)(H,35,36)/t18-/m1/s1. The van der Waals surface area contributed by atoms with E-state index >= 15 is 0 Å². The fraction of sp³-hybridized carbons (Fsp3) is 0.222.